The number of aryl methyl sites for hydroxylation is 1. The van der Waals surface area contributed by atoms with Gasteiger partial charge >= 0.3 is 11.1 Å². The van der Waals surface area contributed by atoms with Crippen molar-refractivity contribution in [2.24, 2.45) is 0 Å². The highest BCUT2D eigenvalue weighted by atomic mass is 35.5. The lowest BCUT2D eigenvalue weighted by molar-refractivity contribution is 0.0952. The van der Waals surface area contributed by atoms with Crippen molar-refractivity contribution in [3.05, 3.63) is 115 Å². The fourth-order valence-electron chi connectivity index (χ4n) is 4.56. The number of rotatable bonds is 6. The van der Waals surface area contributed by atoms with Crippen molar-refractivity contribution in [1.29, 1.82) is 0 Å². The topological polar surface area (TPSA) is 99.8 Å². The molecule has 1 atom stereocenters. The Morgan fingerprint density at radius 3 is 2.57 bits per heavy atom. The number of amides is 1. The van der Waals surface area contributed by atoms with Crippen LogP contribution in [0.5, 0.6) is 0 Å². The number of aromatic amines is 2. The number of halogens is 1. The summed E-state index contributed by atoms with van der Waals surface area (Å²) in [4.78, 5) is 43.2. The van der Waals surface area contributed by atoms with Gasteiger partial charge in [-0.25, -0.2) is 0 Å². The molecule has 7 nitrogen and oxygen atoms in total. The van der Waals surface area contributed by atoms with Crippen molar-refractivity contribution in [2.75, 3.05) is 6.54 Å². The molecule has 0 aliphatic carbocycles. The molecule has 0 bridgehead atoms. The number of carbonyl (C=O) groups is 1. The number of fused-ring (bicyclic) bond motifs is 2. The van der Waals surface area contributed by atoms with Crippen LogP contribution in [0.25, 0.3) is 21.9 Å². The van der Waals surface area contributed by atoms with Gasteiger partial charge in [-0.3, -0.25) is 14.4 Å². The summed E-state index contributed by atoms with van der Waals surface area (Å²) in [6, 6.07) is 20.5. The van der Waals surface area contributed by atoms with Crippen molar-refractivity contribution in [2.45, 2.75) is 19.4 Å². The van der Waals surface area contributed by atoms with Gasteiger partial charge in [0.1, 0.15) is 0 Å². The first kappa shape index (κ1) is 22.7. The van der Waals surface area contributed by atoms with E-state index in [0.717, 1.165) is 22.0 Å². The minimum atomic E-state index is -0.713. The zero-order chi connectivity index (χ0) is 24.5. The first-order valence-electron chi connectivity index (χ1n) is 11.3. The fraction of sp³-hybridized carbons (Fsp3) is 0.148. The number of hydrogen-bond donors (Lipinski definition) is 3. The average molecular weight is 487 g/mol. The molecule has 35 heavy (non-hydrogen) atoms. The van der Waals surface area contributed by atoms with Crippen molar-refractivity contribution < 1.29 is 4.79 Å². The number of hydrogen-bond acceptors (Lipinski definition) is 3. The van der Waals surface area contributed by atoms with Crippen LogP contribution in [0.15, 0.2) is 82.5 Å². The lowest BCUT2D eigenvalue weighted by Crippen LogP contribution is -2.36. The van der Waals surface area contributed by atoms with E-state index >= 15 is 0 Å². The lowest BCUT2D eigenvalue weighted by Gasteiger charge is -2.19. The Balaban J connectivity index is 1.48. The summed E-state index contributed by atoms with van der Waals surface area (Å²) in [5, 5.41) is 4.71. The summed E-state index contributed by atoms with van der Waals surface area (Å²) in [7, 11) is 0. The molecular weight excluding hydrogens is 464 g/mol. The monoisotopic (exact) mass is 486 g/mol. The molecule has 0 fully saturated rings. The SMILES string of the molecule is CCn1c(=O)c(=O)[nH]c2cc(C(=O)NCC(c3ccccc3Cl)c3c[nH]c4ccccc34)ccc21. The molecule has 5 rings (SSSR count). The number of H-pyrrole nitrogens is 2. The van der Waals surface area contributed by atoms with Crippen LogP contribution >= 0.6 is 11.6 Å². The summed E-state index contributed by atoms with van der Waals surface area (Å²) in [6.07, 6.45) is 1.95. The molecule has 176 valence electrons. The van der Waals surface area contributed by atoms with Gasteiger partial charge in [0.05, 0.1) is 11.0 Å². The van der Waals surface area contributed by atoms with E-state index in [0.29, 0.717) is 34.7 Å². The molecule has 0 spiro atoms. The van der Waals surface area contributed by atoms with Gasteiger partial charge in [-0.2, -0.15) is 0 Å². The predicted octanol–water partition coefficient (Wildman–Crippen LogP) is 4.41. The van der Waals surface area contributed by atoms with Gasteiger partial charge in [-0.1, -0.05) is 48.0 Å². The van der Waals surface area contributed by atoms with Crippen molar-refractivity contribution in [1.82, 2.24) is 19.9 Å². The van der Waals surface area contributed by atoms with Crippen LogP contribution in [0.2, 0.25) is 5.02 Å². The summed E-state index contributed by atoms with van der Waals surface area (Å²) in [5.74, 6) is -0.478. The molecular formula is C27H23ClN4O3. The largest absolute Gasteiger partial charge is 0.361 e. The Bertz CT molecular complexity index is 1680. The lowest BCUT2D eigenvalue weighted by atomic mass is 9.90. The highest BCUT2D eigenvalue weighted by Gasteiger charge is 2.21. The van der Waals surface area contributed by atoms with Crippen LogP contribution in [0, 0.1) is 0 Å². The molecule has 0 saturated carbocycles. The van der Waals surface area contributed by atoms with Crippen molar-refractivity contribution in [3.8, 4) is 0 Å². The molecule has 3 aromatic carbocycles. The van der Waals surface area contributed by atoms with Gasteiger partial charge < -0.3 is 19.9 Å². The first-order valence-corrected chi connectivity index (χ1v) is 11.7. The van der Waals surface area contributed by atoms with E-state index in [2.05, 4.69) is 15.3 Å². The van der Waals surface area contributed by atoms with E-state index in [9.17, 15) is 14.4 Å². The number of aromatic nitrogens is 3. The molecule has 1 amide bonds. The van der Waals surface area contributed by atoms with E-state index in [1.54, 1.807) is 25.1 Å². The highest BCUT2D eigenvalue weighted by Crippen LogP contribution is 2.34. The first-order chi connectivity index (χ1) is 17.0. The normalized spacial score (nSPS) is 12.2. The third-order valence-corrected chi connectivity index (χ3v) is 6.64. The maximum Gasteiger partial charge on any atom is 0.316 e. The minimum Gasteiger partial charge on any atom is -0.361 e. The van der Waals surface area contributed by atoms with Crippen LogP contribution in [0.3, 0.4) is 0 Å². The molecule has 0 aliphatic rings. The summed E-state index contributed by atoms with van der Waals surface area (Å²) >= 11 is 6.56. The van der Waals surface area contributed by atoms with E-state index in [-0.39, 0.29) is 11.8 Å². The second-order valence-electron chi connectivity index (χ2n) is 8.31. The second kappa shape index (κ2) is 9.27. The quantitative estimate of drug-likeness (QED) is 0.310. The third kappa shape index (κ3) is 4.15. The summed E-state index contributed by atoms with van der Waals surface area (Å²) in [6.45, 7) is 2.46. The maximum absolute atomic E-state index is 13.1. The molecule has 2 heterocycles. The molecule has 1 unspecified atom stereocenters. The Morgan fingerprint density at radius 2 is 1.77 bits per heavy atom. The van der Waals surface area contributed by atoms with Crippen LogP contribution in [0.4, 0.5) is 0 Å². The number of para-hydroxylation sites is 1. The van der Waals surface area contributed by atoms with E-state index < -0.39 is 11.1 Å². The van der Waals surface area contributed by atoms with Gasteiger partial charge in [-0.05, 0) is 48.4 Å². The van der Waals surface area contributed by atoms with Crippen LogP contribution in [0.1, 0.15) is 34.3 Å². The second-order valence-corrected chi connectivity index (χ2v) is 8.72. The summed E-state index contributed by atoms with van der Waals surface area (Å²) < 4.78 is 1.39. The van der Waals surface area contributed by atoms with Gasteiger partial charge in [-0.15, -0.1) is 0 Å². The third-order valence-electron chi connectivity index (χ3n) is 6.30. The Labute approximate surface area is 205 Å². The Kier molecular flexibility index (Phi) is 6.01. The Hall–Kier alpha value is -4.10. The van der Waals surface area contributed by atoms with Crippen LogP contribution in [-0.2, 0) is 6.54 Å². The van der Waals surface area contributed by atoms with E-state index in [1.807, 2.05) is 54.7 Å². The van der Waals surface area contributed by atoms with Crippen LogP contribution < -0.4 is 16.4 Å². The van der Waals surface area contributed by atoms with Crippen molar-refractivity contribution >= 4 is 39.4 Å². The predicted molar refractivity (Wildman–Crippen MR) is 138 cm³/mol. The average Bonchev–Trinajstić information content (AvgIpc) is 3.29. The Morgan fingerprint density at radius 1 is 1.00 bits per heavy atom. The molecule has 0 saturated heterocycles. The molecule has 2 aromatic heterocycles. The van der Waals surface area contributed by atoms with Crippen LogP contribution in [-0.4, -0.2) is 27.0 Å². The molecule has 8 heteroatoms. The molecule has 5 aromatic rings. The number of carbonyl (C=O) groups excluding carboxylic acids is 1. The van der Waals surface area contributed by atoms with Gasteiger partial charge in [0.25, 0.3) is 5.91 Å². The molecule has 3 N–H and O–H groups in total. The number of nitrogens with zero attached hydrogens (tertiary/aromatic N) is 1. The van der Waals surface area contributed by atoms with E-state index in [1.165, 1.54) is 4.57 Å². The molecule has 0 aliphatic heterocycles. The smallest absolute Gasteiger partial charge is 0.316 e. The zero-order valence-corrected chi connectivity index (χ0v) is 19.7. The fourth-order valence-corrected chi connectivity index (χ4v) is 4.83. The van der Waals surface area contributed by atoms with Gasteiger partial charge in [0.15, 0.2) is 0 Å². The standard InChI is InChI=1S/C27H23ClN4O3/c1-2-32-24-12-11-16(13-23(24)31-26(34)27(32)35)25(33)30-15-19(17-7-3-5-9-21(17)28)20-14-29-22-10-6-4-8-18(20)22/h3-14,19,29H,2,15H2,1H3,(H,30,33)(H,31,34). The molecule has 0 radical (unpaired) electrons. The van der Waals surface area contributed by atoms with Crippen molar-refractivity contribution in [3.63, 3.8) is 0 Å². The maximum atomic E-state index is 13.1. The minimum absolute atomic E-state index is 0.186. The number of nitrogens with one attached hydrogen (secondary N) is 3. The zero-order valence-electron chi connectivity index (χ0n) is 19.0. The van der Waals surface area contributed by atoms with E-state index in [4.69, 9.17) is 11.6 Å². The summed E-state index contributed by atoms with van der Waals surface area (Å²) in [5.41, 5.74) is 3.01. The van der Waals surface area contributed by atoms with Gasteiger partial charge in [0.2, 0.25) is 0 Å². The van der Waals surface area contributed by atoms with Gasteiger partial charge in [0, 0.05) is 46.7 Å². The number of benzene rings is 3. The highest BCUT2D eigenvalue weighted by molar-refractivity contribution is 6.31.